The van der Waals surface area contributed by atoms with Gasteiger partial charge >= 0.3 is 0 Å². The van der Waals surface area contributed by atoms with Gasteiger partial charge in [0.2, 0.25) is 5.88 Å². The van der Waals surface area contributed by atoms with E-state index in [2.05, 4.69) is 15.6 Å². The summed E-state index contributed by atoms with van der Waals surface area (Å²) in [5, 5.41) is 6.57. The lowest BCUT2D eigenvalue weighted by Gasteiger charge is -2.11. The predicted octanol–water partition coefficient (Wildman–Crippen LogP) is 2.82. The molecule has 0 saturated carbocycles. The monoisotopic (exact) mass is 333 g/mol. The number of methoxy groups -OCH3 is 2. The van der Waals surface area contributed by atoms with Gasteiger partial charge < -0.3 is 24.8 Å². The molecule has 0 aliphatic carbocycles. The molecule has 0 fully saturated rings. The fourth-order valence-corrected chi connectivity index (χ4v) is 1.99. The molecule has 1 aromatic heterocycles. The smallest absolute Gasteiger partial charge is 0.219 e. The van der Waals surface area contributed by atoms with Gasteiger partial charge in [0.1, 0.15) is 0 Å². The topological polar surface area (TPSA) is 64.6 Å². The van der Waals surface area contributed by atoms with Crippen molar-refractivity contribution < 1.29 is 14.2 Å². The van der Waals surface area contributed by atoms with Crippen molar-refractivity contribution in [2.24, 2.45) is 0 Å². The summed E-state index contributed by atoms with van der Waals surface area (Å²) in [6.07, 6.45) is 1.65. The van der Waals surface area contributed by atoms with Crippen LogP contribution in [0.15, 0.2) is 42.6 Å². The number of rotatable bonds is 7. The largest absolute Gasteiger partial charge is 0.493 e. The van der Waals surface area contributed by atoms with Crippen molar-refractivity contribution in [2.75, 3.05) is 32.7 Å². The molecule has 0 radical (unpaired) electrons. The highest BCUT2D eigenvalue weighted by molar-refractivity contribution is 7.80. The van der Waals surface area contributed by atoms with Crippen molar-refractivity contribution in [3.63, 3.8) is 0 Å². The molecule has 2 N–H and O–H groups in total. The van der Waals surface area contributed by atoms with Crippen LogP contribution in [0.4, 0.5) is 5.69 Å². The zero-order chi connectivity index (χ0) is 16.5. The van der Waals surface area contributed by atoms with E-state index in [9.17, 15) is 0 Å². The molecule has 0 bridgehead atoms. The van der Waals surface area contributed by atoms with Crippen LogP contribution in [0.25, 0.3) is 0 Å². The van der Waals surface area contributed by atoms with E-state index in [1.807, 2.05) is 30.3 Å². The number of para-hydroxylation sites is 2. The molecular formula is C16H19N3O3S. The molecule has 2 aromatic rings. The molecule has 1 heterocycles. The Morgan fingerprint density at radius 1 is 1.13 bits per heavy atom. The first kappa shape index (κ1) is 17.0. The van der Waals surface area contributed by atoms with E-state index >= 15 is 0 Å². The van der Waals surface area contributed by atoms with Crippen LogP contribution in [0.1, 0.15) is 0 Å². The lowest BCUT2D eigenvalue weighted by molar-refractivity contribution is 0.204. The highest BCUT2D eigenvalue weighted by Crippen LogP contribution is 2.30. The molecule has 0 saturated heterocycles. The Hall–Kier alpha value is -2.38. The van der Waals surface area contributed by atoms with E-state index < -0.39 is 0 Å². The number of thiocarbonyl (C=S) groups is 1. The van der Waals surface area contributed by atoms with Crippen LogP contribution in [0.5, 0.6) is 17.4 Å². The molecule has 6 nitrogen and oxygen atoms in total. The molecule has 122 valence electrons. The van der Waals surface area contributed by atoms with Crippen molar-refractivity contribution in [1.29, 1.82) is 0 Å². The van der Waals surface area contributed by atoms with Crippen molar-refractivity contribution in [2.45, 2.75) is 0 Å². The van der Waals surface area contributed by atoms with Gasteiger partial charge in [0, 0.05) is 19.7 Å². The molecule has 23 heavy (non-hydrogen) atoms. The summed E-state index contributed by atoms with van der Waals surface area (Å²) in [5.74, 6) is 1.73. The number of benzene rings is 1. The second kappa shape index (κ2) is 8.92. The summed E-state index contributed by atoms with van der Waals surface area (Å²) in [6, 6.07) is 11.0. The Bertz CT molecular complexity index is 635. The first-order chi connectivity index (χ1) is 11.2. The molecule has 0 spiro atoms. The fraction of sp³-hybridized carbons (Fsp3) is 0.250. The van der Waals surface area contributed by atoms with Crippen LogP contribution in [0.2, 0.25) is 0 Å². The lowest BCUT2D eigenvalue weighted by atomic mass is 10.3. The van der Waals surface area contributed by atoms with Crippen LogP contribution in [-0.4, -0.2) is 37.5 Å². The quantitative estimate of drug-likeness (QED) is 0.596. The third-order valence-corrected chi connectivity index (χ3v) is 3.12. The molecule has 0 unspecified atom stereocenters. The van der Waals surface area contributed by atoms with Gasteiger partial charge in [-0.15, -0.1) is 0 Å². The van der Waals surface area contributed by atoms with Crippen molar-refractivity contribution in [3.05, 3.63) is 42.6 Å². The predicted molar refractivity (Wildman–Crippen MR) is 93.4 cm³/mol. The van der Waals surface area contributed by atoms with E-state index in [1.54, 1.807) is 26.5 Å². The Morgan fingerprint density at radius 2 is 1.91 bits per heavy atom. The van der Waals surface area contributed by atoms with Crippen LogP contribution >= 0.6 is 12.2 Å². The van der Waals surface area contributed by atoms with Crippen LogP contribution < -0.4 is 20.1 Å². The molecule has 0 aliphatic rings. The Morgan fingerprint density at radius 3 is 2.57 bits per heavy atom. The third-order valence-electron chi connectivity index (χ3n) is 2.87. The lowest BCUT2D eigenvalue weighted by Crippen LogP contribution is -2.31. The fourth-order valence-electron chi connectivity index (χ4n) is 1.77. The van der Waals surface area contributed by atoms with Gasteiger partial charge in [0.05, 0.1) is 25.6 Å². The minimum Gasteiger partial charge on any atom is -0.493 e. The second-order valence-corrected chi connectivity index (χ2v) is 4.92. The Balaban J connectivity index is 1.93. The van der Waals surface area contributed by atoms with Gasteiger partial charge in [0.25, 0.3) is 0 Å². The molecule has 2 rings (SSSR count). The van der Waals surface area contributed by atoms with Gasteiger partial charge in [-0.2, -0.15) is 0 Å². The number of pyridine rings is 1. The van der Waals surface area contributed by atoms with Gasteiger partial charge in [0.15, 0.2) is 16.6 Å². The van der Waals surface area contributed by atoms with E-state index in [0.717, 1.165) is 5.69 Å². The maximum Gasteiger partial charge on any atom is 0.219 e. The maximum absolute atomic E-state index is 5.71. The third kappa shape index (κ3) is 5.39. The van der Waals surface area contributed by atoms with E-state index in [-0.39, 0.29) is 0 Å². The van der Waals surface area contributed by atoms with E-state index in [4.69, 9.17) is 26.4 Å². The number of nitrogens with one attached hydrogen (secondary N) is 2. The van der Waals surface area contributed by atoms with Crippen molar-refractivity contribution in [3.8, 4) is 17.4 Å². The first-order valence-corrected chi connectivity index (χ1v) is 7.44. The van der Waals surface area contributed by atoms with Gasteiger partial charge in [-0.1, -0.05) is 12.1 Å². The van der Waals surface area contributed by atoms with Crippen molar-refractivity contribution >= 4 is 23.0 Å². The van der Waals surface area contributed by atoms with Crippen molar-refractivity contribution in [1.82, 2.24) is 10.3 Å². The number of hydrogen-bond acceptors (Lipinski definition) is 5. The van der Waals surface area contributed by atoms with Crippen LogP contribution in [0, 0.1) is 0 Å². The zero-order valence-electron chi connectivity index (χ0n) is 13.0. The number of nitrogens with zero attached hydrogens (tertiary/aromatic N) is 1. The Labute approximate surface area is 140 Å². The summed E-state index contributed by atoms with van der Waals surface area (Å²) in [5.41, 5.74) is 0.771. The summed E-state index contributed by atoms with van der Waals surface area (Å²) in [7, 11) is 3.24. The second-order valence-electron chi connectivity index (χ2n) is 4.51. The maximum atomic E-state index is 5.71. The molecular weight excluding hydrogens is 314 g/mol. The summed E-state index contributed by atoms with van der Waals surface area (Å²) < 4.78 is 15.9. The first-order valence-electron chi connectivity index (χ1n) is 7.03. The molecule has 0 aliphatic heterocycles. The standard InChI is InChI=1S/C16H19N3O3S/c1-20-10-9-17-16(23)19-12-7-8-15(18-11-12)22-14-6-4-3-5-13(14)21-2/h3-8,11H,9-10H2,1-2H3,(H2,17,19,23). The van der Waals surface area contributed by atoms with Crippen LogP contribution in [0.3, 0.4) is 0 Å². The molecule has 7 heteroatoms. The average molecular weight is 333 g/mol. The van der Waals surface area contributed by atoms with E-state index in [0.29, 0.717) is 35.6 Å². The number of aromatic nitrogens is 1. The minimum atomic E-state index is 0.471. The number of hydrogen-bond donors (Lipinski definition) is 2. The average Bonchev–Trinajstić information content (AvgIpc) is 2.57. The highest BCUT2D eigenvalue weighted by atomic mass is 32.1. The minimum absolute atomic E-state index is 0.471. The Kier molecular flexibility index (Phi) is 6.58. The summed E-state index contributed by atoms with van der Waals surface area (Å²) >= 11 is 5.17. The number of ether oxygens (including phenoxy) is 3. The van der Waals surface area contributed by atoms with E-state index in [1.165, 1.54) is 0 Å². The molecule has 1 aromatic carbocycles. The highest BCUT2D eigenvalue weighted by Gasteiger charge is 2.05. The zero-order valence-corrected chi connectivity index (χ0v) is 13.9. The van der Waals surface area contributed by atoms with Gasteiger partial charge in [-0.3, -0.25) is 0 Å². The summed E-state index contributed by atoms with van der Waals surface area (Å²) in [4.78, 5) is 4.25. The normalized spacial score (nSPS) is 10.0. The van der Waals surface area contributed by atoms with Gasteiger partial charge in [-0.05, 0) is 30.4 Å². The van der Waals surface area contributed by atoms with Gasteiger partial charge in [-0.25, -0.2) is 4.98 Å². The summed E-state index contributed by atoms with van der Waals surface area (Å²) in [6.45, 7) is 1.23. The molecule has 0 amide bonds. The molecule has 0 atom stereocenters. The SMILES string of the molecule is COCCNC(=S)Nc1ccc(Oc2ccccc2OC)nc1. The number of anilines is 1. The van der Waals surface area contributed by atoms with Crippen LogP contribution in [-0.2, 0) is 4.74 Å².